The second-order valence-corrected chi connectivity index (χ2v) is 9.58. The van der Waals surface area contributed by atoms with Crippen molar-refractivity contribution >= 4 is 22.6 Å². The predicted molar refractivity (Wildman–Crippen MR) is 135 cm³/mol. The maximum absolute atomic E-state index is 13.1. The van der Waals surface area contributed by atoms with Crippen LogP contribution >= 0.6 is 11.6 Å². The number of nitrogens with one attached hydrogen (secondary N) is 1. The van der Waals surface area contributed by atoms with Crippen LogP contribution in [0, 0.1) is 0 Å². The molecular formula is C26H21ClF3N7O. The lowest BCUT2D eigenvalue weighted by atomic mass is 10.0. The second kappa shape index (κ2) is 9.09. The molecule has 1 aliphatic carbocycles. The summed E-state index contributed by atoms with van der Waals surface area (Å²) < 4.78 is 46.1. The number of halogens is 4. The highest BCUT2D eigenvalue weighted by molar-refractivity contribution is 6.33. The third-order valence-corrected chi connectivity index (χ3v) is 6.83. The fourth-order valence-corrected chi connectivity index (χ4v) is 4.77. The molecular weight excluding hydrogens is 519 g/mol. The van der Waals surface area contributed by atoms with Crippen molar-refractivity contribution in [3.05, 3.63) is 70.7 Å². The highest BCUT2D eigenvalue weighted by Gasteiger charge is 2.35. The van der Waals surface area contributed by atoms with Crippen LogP contribution < -0.4 is 4.74 Å². The number of H-pyrrole nitrogens is 1. The summed E-state index contributed by atoms with van der Waals surface area (Å²) in [6.07, 6.45) is 2.38. The summed E-state index contributed by atoms with van der Waals surface area (Å²) >= 11 is 6.56. The monoisotopic (exact) mass is 539 g/mol. The molecule has 38 heavy (non-hydrogen) atoms. The van der Waals surface area contributed by atoms with Crippen LogP contribution in [-0.2, 0) is 19.6 Å². The van der Waals surface area contributed by atoms with Crippen LogP contribution in [0.4, 0.5) is 13.2 Å². The second-order valence-electron chi connectivity index (χ2n) is 9.23. The van der Waals surface area contributed by atoms with Crippen LogP contribution in [0.5, 0.6) is 5.88 Å². The molecule has 1 fully saturated rings. The zero-order valence-electron chi connectivity index (χ0n) is 20.3. The van der Waals surface area contributed by atoms with Gasteiger partial charge in [-0.15, -0.1) is 0 Å². The van der Waals surface area contributed by atoms with Crippen molar-refractivity contribution in [3.8, 4) is 28.7 Å². The molecule has 0 saturated heterocycles. The quantitative estimate of drug-likeness (QED) is 0.267. The van der Waals surface area contributed by atoms with E-state index in [1.54, 1.807) is 26.3 Å². The van der Waals surface area contributed by atoms with Gasteiger partial charge in [-0.2, -0.15) is 13.2 Å². The normalized spacial score (nSPS) is 13.8. The van der Waals surface area contributed by atoms with Gasteiger partial charge >= 0.3 is 6.18 Å². The van der Waals surface area contributed by atoms with Gasteiger partial charge in [0.15, 0.2) is 16.7 Å². The van der Waals surface area contributed by atoms with Gasteiger partial charge in [0.2, 0.25) is 5.88 Å². The number of hydrogen-bond donors (Lipinski definition) is 1. The molecule has 0 atom stereocenters. The average molecular weight is 540 g/mol. The summed E-state index contributed by atoms with van der Waals surface area (Å²) in [5.41, 5.74) is 4.26. The lowest BCUT2D eigenvalue weighted by Crippen LogP contribution is -2.04. The van der Waals surface area contributed by atoms with E-state index in [9.17, 15) is 13.2 Å². The third kappa shape index (κ3) is 4.36. The van der Waals surface area contributed by atoms with Gasteiger partial charge in [-0.05, 0) is 18.4 Å². The van der Waals surface area contributed by atoms with Gasteiger partial charge in [0.25, 0.3) is 0 Å². The van der Waals surface area contributed by atoms with Gasteiger partial charge in [0.05, 0.1) is 18.3 Å². The van der Waals surface area contributed by atoms with E-state index in [-0.39, 0.29) is 11.0 Å². The van der Waals surface area contributed by atoms with Crippen molar-refractivity contribution in [3.63, 3.8) is 0 Å². The fourth-order valence-electron chi connectivity index (χ4n) is 4.54. The van der Waals surface area contributed by atoms with E-state index < -0.39 is 11.9 Å². The van der Waals surface area contributed by atoms with E-state index in [0.29, 0.717) is 46.2 Å². The first-order valence-electron chi connectivity index (χ1n) is 11.9. The van der Waals surface area contributed by atoms with Crippen molar-refractivity contribution < 1.29 is 17.9 Å². The number of aryl methyl sites for hydroxylation is 1. The molecule has 6 rings (SSSR count). The van der Waals surface area contributed by atoms with Crippen molar-refractivity contribution in [2.75, 3.05) is 7.11 Å². The smallest absolute Gasteiger partial charge is 0.434 e. The largest absolute Gasteiger partial charge is 0.480 e. The van der Waals surface area contributed by atoms with Crippen molar-refractivity contribution in [1.82, 2.24) is 34.5 Å². The molecule has 0 unspecified atom stereocenters. The van der Waals surface area contributed by atoms with E-state index in [4.69, 9.17) is 21.3 Å². The minimum absolute atomic E-state index is 0.241. The first kappa shape index (κ1) is 24.4. The number of methoxy groups -OCH3 is 1. The van der Waals surface area contributed by atoms with Crippen molar-refractivity contribution in [2.24, 2.45) is 7.05 Å². The molecule has 194 valence electrons. The Kier molecular flexibility index (Phi) is 5.82. The van der Waals surface area contributed by atoms with Crippen LogP contribution in [-0.4, -0.2) is 41.6 Å². The van der Waals surface area contributed by atoms with E-state index in [1.165, 1.54) is 10.9 Å². The first-order chi connectivity index (χ1) is 18.2. The number of imidazole rings is 1. The number of ether oxygens (including phenoxy) is 1. The molecule has 0 bridgehead atoms. The van der Waals surface area contributed by atoms with Crippen LogP contribution in [0.1, 0.15) is 41.3 Å². The topological polar surface area (TPSA) is 94.4 Å². The number of rotatable bonds is 6. The molecule has 8 nitrogen and oxygen atoms in total. The molecule has 0 spiro atoms. The van der Waals surface area contributed by atoms with Gasteiger partial charge in [-0.1, -0.05) is 35.9 Å². The molecule has 0 amide bonds. The Morgan fingerprint density at radius 2 is 1.87 bits per heavy atom. The predicted octanol–water partition coefficient (Wildman–Crippen LogP) is 5.96. The summed E-state index contributed by atoms with van der Waals surface area (Å²) in [5, 5.41) is 0.273. The van der Waals surface area contributed by atoms with Gasteiger partial charge in [-0.3, -0.25) is 0 Å². The number of fused-ring (bicyclic) bond motifs is 1. The van der Waals surface area contributed by atoms with E-state index >= 15 is 0 Å². The Morgan fingerprint density at radius 1 is 1.11 bits per heavy atom. The Hall–Kier alpha value is -3.99. The average Bonchev–Trinajstić information content (AvgIpc) is 3.55. The molecule has 4 heterocycles. The first-order valence-corrected chi connectivity index (χ1v) is 12.2. The lowest BCUT2D eigenvalue weighted by Gasteiger charge is -2.11. The Bertz CT molecular complexity index is 1660. The number of aromatic amines is 1. The minimum Gasteiger partial charge on any atom is -0.480 e. The molecule has 5 aromatic rings. The summed E-state index contributed by atoms with van der Waals surface area (Å²) in [6, 6.07) is 7.24. The molecule has 12 heteroatoms. The molecule has 4 aromatic heterocycles. The maximum atomic E-state index is 13.1. The maximum Gasteiger partial charge on any atom is 0.434 e. The zero-order chi connectivity index (χ0) is 26.6. The van der Waals surface area contributed by atoms with E-state index in [2.05, 4.69) is 24.9 Å². The molecule has 1 saturated carbocycles. The van der Waals surface area contributed by atoms with Crippen LogP contribution in [0.25, 0.3) is 33.8 Å². The molecule has 1 N–H and O–H groups in total. The van der Waals surface area contributed by atoms with Gasteiger partial charge in [-0.25, -0.2) is 24.9 Å². The van der Waals surface area contributed by atoms with Gasteiger partial charge in [0.1, 0.15) is 23.2 Å². The van der Waals surface area contributed by atoms with E-state index in [1.807, 2.05) is 18.3 Å². The van der Waals surface area contributed by atoms with Crippen molar-refractivity contribution in [1.29, 1.82) is 0 Å². The van der Waals surface area contributed by atoms with E-state index in [0.717, 1.165) is 35.9 Å². The Labute approximate surface area is 219 Å². The third-order valence-electron chi connectivity index (χ3n) is 6.56. The number of aromatic nitrogens is 7. The van der Waals surface area contributed by atoms with Gasteiger partial charge in [0, 0.05) is 42.9 Å². The SMILES string of the molecule is COc1ncnc(C2CC2)c1-c1nc(Cl)c2[nH]cc(Cc3ccc(-c4nc(C(F)(F)F)cn4C)cc3)c2n1. The number of benzene rings is 1. The highest BCUT2D eigenvalue weighted by atomic mass is 35.5. The number of hydrogen-bond acceptors (Lipinski definition) is 6. The summed E-state index contributed by atoms with van der Waals surface area (Å²) in [4.78, 5) is 25.0. The summed E-state index contributed by atoms with van der Waals surface area (Å²) in [5.74, 6) is 1.35. The van der Waals surface area contributed by atoms with Gasteiger partial charge < -0.3 is 14.3 Å². The molecule has 1 aliphatic rings. The zero-order valence-corrected chi connectivity index (χ0v) is 21.1. The fraction of sp³-hybridized carbons (Fsp3) is 0.269. The van der Waals surface area contributed by atoms with Crippen LogP contribution in [0.3, 0.4) is 0 Å². The highest BCUT2D eigenvalue weighted by Crippen LogP contribution is 2.45. The van der Waals surface area contributed by atoms with Crippen molar-refractivity contribution in [2.45, 2.75) is 31.4 Å². The molecule has 1 aromatic carbocycles. The number of alkyl halides is 3. The Balaban J connectivity index is 1.34. The lowest BCUT2D eigenvalue weighted by molar-refractivity contribution is -0.140. The van der Waals surface area contributed by atoms with Crippen LogP contribution in [0.2, 0.25) is 5.15 Å². The summed E-state index contributed by atoms with van der Waals surface area (Å²) in [6.45, 7) is 0. The standard InChI is InChI=1S/C26H21ClF3N7O/c1-37-11-17(26(28,29)30)34-24(37)15-5-3-13(4-6-15)9-16-10-31-21-20(16)35-23(36-22(21)27)18-19(14-7-8-14)32-12-33-25(18)38-2/h3-6,10-12,14,31H,7-9H2,1-2H3. The van der Waals surface area contributed by atoms with Crippen LogP contribution in [0.15, 0.2) is 43.0 Å². The summed E-state index contributed by atoms with van der Waals surface area (Å²) in [7, 11) is 3.09. The molecule has 0 radical (unpaired) electrons. The Morgan fingerprint density at radius 3 is 2.53 bits per heavy atom. The number of nitrogens with zero attached hydrogens (tertiary/aromatic N) is 6. The molecule has 0 aliphatic heterocycles. The minimum atomic E-state index is -4.50.